The van der Waals surface area contributed by atoms with Crippen molar-refractivity contribution in [1.29, 1.82) is 0 Å². The Kier molecular flexibility index (Phi) is 7.00. The minimum atomic E-state index is 0.606. The molecule has 1 aliphatic rings. The largest absolute Gasteiger partial charge is 0.491 e. The van der Waals surface area contributed by atoms with E-state index in [0.29, 0.717) is 19.1 Å². The van der Waals surface area contributed by atoms with Crippen LogP contribution in [-0.2, 0) is 11.3 Å². The Hall–Kier alpha value is -0.580. The second-order valence-electron chi connectivity index (χ2n) is 6.05. The van der Waals surface area contributed by atoms with Crippen LogP contribution in [0.5, 0.6) is 5.75 Å². The van der Waals surface area contributed by atoms with Crippen molar-refractivity contribution in [2.45, 2.75) is 45.7 Å². The standard InChI is InChI=1S/C17H26BrNO2/c1-13(2)7-8-20-9-10-21-16-5-6-17(18)14(11-16)12-19-15-3-4-15/h5-6,11,13,15,19H,3-4,7-10,12H2,1-2H3. The Balaban J connectivity index is 1.68. The molecule has 21 heavy (non-hydrogen) atoms. The molecular formula is C17H26BrNO2. The highest BCUT2D eigenvalue weighted by Crippen LogP contribution is 2.25. The van der Waals surface area contributed by atoms with E-state index in [0.717, 1.165) is 35.8 Å². The van der Waals surface area contributed by atoms with Crippen LogP contribution in [0.2, 0.25) is 0 Å². The van der Waals surface area contributed by atoms with Gasteiger partial charge >= 0.3 is 0 Å². The molecular weight excluding hydrogens is 330 g/mol. The van der Waals surface area contributed by atoms with Gasteiger partial charge in [0.25, 0.3) is 0 Å². The molecule has 0 spiro atoms. The lowest BCUT2D eigenvalue weighted by molar-refractivity contribution is 0.0925. The van der Waals surface area contributed by atoms with Crippen molar-refractivity contribution in [2.24, 2.45) is 5.92 Å². The van der Waals surface area contributed by atoms with Crippen LogP contribution in [0.25, 0.3) is 0 Å². The molecule has 2 rings (SSSR count). The highest BCUT2D eigenvalue weighted by atomic mass is 79.9. The van der Waals surface area contributed by atoms with Crippen LogP contribution >= 0.6 is 15.9 Å². The lowest BCUT2D eigenvalue weighted by atomic mass is 10.1. The first-order chi connectivity index (χ1) is 10.1. The van der Waals surface area contributed by atoms with E-state index < -0.39 is 0 Å². The van der Waals surface area contributed by atoms with E-state index in [-0.39, 0.29) is 0 Å². The summed E-state index contributed by atoms with van der Waals surface area (Å²) < 4.78 is 12.5. The summed E-state index contributed by atoms with van der Waals surface area (Å²) >= 11 is 3.60. The molecule has 1 fully saturated rings. The molecule has 0 radical (unpaired) electrons. The lowest BCUT2D eigenvalue weighted by Gasteiger charge is -2.11. The maximum absolute atomic E-state index is 5.76. The first kappa shape index (κ1) is 16.8. The first-order valence-corrected chi connectivity index (χ1v) is 8.67. The monoisotopic (exact) mass is 355 g/mol. The quantitative estimate of drug-likeness (QED) is 0.639. The Morgan fingerprint density at radius 3 is 2.76 bits per heavy atom. The second kappa shape index (κ2) is 8.76. The molecule has 0 aliphatic heterocycles. The molecule has 3 nitrogen and oxygen atoms in total. The number of hydrogen-bond donors (Lipinski definition) is 1. The highest BCUT2D eigenvalue weighted by Gasteiger charge is 2.20. The summed E-state index contributed by atoms with van der Waals surface area (Å²) in [5.41, 5.74) is 1.25. The predicted molar refractivity (Wildman–Crippen MR) is 89.8 cm³/mol. The normalized spacial score (nSPS) is 14.7. The van der Waals surface area contributed by atoms with Gasteiger partial charge in [-0.25, -0.2) is 0 Å². The SMILES string of the molecule is CC(C)CCOCCOc1ccc(Br)c(CNC2CC2)c1. The summed E-state index contributed by atoms with van der Waals surface area (Å²) in [5.74, 6) is 1.61. The van der Waals surface area contributed by atoms with Crippen molar-refractivity contribution in [3.8, 4) is 5.75 Å². The summed E-state index contributed by atoms with van der Waals surface area (Å²) in [6.45, 7) is 7.39. The zero-order chi connectivity index (χ0) is 15.1. The van der Waals surface area contributed by atoms with Crippen LogP contribution in [-0.4, -0.2) is 25.9 Å². The molecule has 1 aliphatic carbocycles. The van der Waals surface area contributed by atoms with E-state index in [1.165, 1.54) is 18.4 Å². The van der Waals surface area contributed by atoms with Crippen LogP contribution in [0.15, 0.2) is 22.7 Å². The smallest absolute Gasteiger partial charge is 0.119 e. The molecule has 118 valence electrons. The lowest BCUT2D eigenvalue weighted by Crippen LogP contribution is -2.15. The molecule has 0 atom stereocenters. The van der Waals surface area contributed by atoms with Gasteiger partial charge in [0.1, 0.15) is 12.4 Å². The van der Waals surface area contributed by atoms with Gasteiger partial charge in [0.05, 0.1) is 6.61 Å². The number of rotatable bonds is 10. The minimum Gasteiger partial charge on any atom is -0.491 e. The van der Waals surface area contributed by atoms with Crippen molar-refractivity contribution >= 4 is 15.9 Å². The van der Waals surface area contributed by atoms with Gasteiger partial charge < -0.3 is 14.8 Å². The maximum Gasteiger partial charge on any atom is 0.119 e. The van der Waals surface area contributed by atoms with Gasteiger partial charge in [0.2, 0.25) is 0 Å². The second-order valence-corrected chi connectivity index (χ2v) is 6.91. The van der Waals surface area contributed by atoms with Gasteiger partial charge in [0.15, 0.2) is 0 Å². The fourth-order valence-corrected chi connectivity index (χ4v) is 2.34. The maximum atomic E-state index is 5.76. The van der Waals surface area contributed by atoms with Crippen molar-refractivity contribution in [1.82, 2.24) is 5.32 Å². The van der Waals surface area contributed by atoms with Crippen molar-refractivity contribution < 1.29 is 9.47 Å². The summed E-state index contributed by atoms with van der Waals surface area (Å²) in [6, 6.07) is 6.88. The van der Waals surface area contributed by atoms with E-state index in [2.05, 4.69) is 47.2 Å². The van der Waals surface area contributed by atoms with E-state index in [9.17, 15) is 0 Å². The Morgan fingerprint density at radius 2 is 2.05 bits per heavy atom. The molecule has 1 aromatic carbocycles. The molecule has 4 heteroatoms. The third kappa shape index (κ3) is 6.81. The highest BCUT2D eigenvalue weighted by molar-refractivity contribution is 9.10. The molecule has 1 saturated carbocycles. The van der Waals surface area contributed by atoms with E-state index >= 15 is 0 Å². The van der Waals surface area contributed by atoms with Crippen LogP contribution in [0.1, 0.15) is 38.7 Å². The van der Waals surface area contributed by atoms with Gasteiger partial charge in [-0.2, -0.15) is 0 Å². The molecule has 0 aromatic heterocycles. The first-order valence-electron chi connectivity index (χ1n) is 7.87. The van der Waals surface area contributed by atoms with Gasteiger partial charge in [-0.1, -0.05) is 29.8 Å². The predicted octanol–water partition coefficient (Wildman–Crippen LogP) is 4.14. The van der Waals surface area contributed by atoms with Crippen LogP contribution < -0.4 is 10.1 Å². The van der Waals surface area contributed by atoms with Gasteiger partial charge in [-0.3, -0.25) is 0 Å². The van der Waals surface area contributed by atoms with Crippen molar-refractivity contribution in [2.75, 3.05) is 19.8 Å². The number of ether oxygens (including phenoxy) is 2. The Labute approximate surface area is 136 Å². The molecule has 0 heterocycles. The van der Waals surface area contributed by atoms with Crippen molar-refractivity contribution in [3.63, 3.8) is 0 Å². The summed E-state index contributed by atoms with van der Waals surface area (Å²) in [4.78, 5) is 0. The van der Waals surface area contributed by atoms with Crippen LogP contribution in [0.4, 0.5) is 0 Å². The van der Waals surface area contributed by atoms with Crippen LogP contribution in [0.3, 0.4) is 0 Å². The zero-order valence-corrected chi connectivity index (χ0v) is 14.6. The average Bonchev–Trinajstić information content (AvgIpc) is 3.26. The van der Waals surface area contributed by atoms with Gasteiger partial charge in [-0.05, 0) is 48.9 Å². The zero-order valence-electron chi connectivity index (χ0n) is 13.0. The number of hydrogen-bond acceptors (Lipinski definition) is 3. The molecule has 1 aromatic rings. The molecule has 0 amide bonds. The minimum absolute atomic E-state index is 0.606. The van der Waals surface area contributed by atoms with E-state index in [1.807, 2.05) is 6.07 Å². The van der Waals surface area contributed by atoms with Gasteiger partial charge in [-0.15, -0.1) is 0 Å². The fraction of sp³-hybridized carbons (Fsp3) is 0.647. The summed E-state index contributed by atoms with van der Waals surface area (Å²) in [6.07, 6.45) is 3.72. The van der Waals surface area contributed by atoms with Crippen LogP contribution in [0, 0.1) is 5.92 Å². The van der Waals surface area contributed by atoms with Gasteiger partial charge in [0, 0.05) is 23.7 Å². The molecule has 0 bridgehead atoms. The third-order valence-electron chi connectivity index (χ3n) is 3.51. The number of halogens is 1. The third-order valence-corrected chi connectivity index (χ3v) is 4.29. The Morgan fingerprint density at radius 1 is 1.24 bits per heavy atom. The number of nitrogens with one attached hydrogen (secondary N) is 1. The average molecular weight is 356 g/mol. The van der Waals surface area contributed by atoms with E-state index in [4.69, 9.17) is 9.47 Å². The number of benzene rings is 1. The summed E-state index contributed by atoms with van der Waals surface area (Å²) in [7, 11) is 0. The molecule has 0 saturated heterocycles. The molecule has 1 N–H and O–H groups in total. The fourth-order valence-electron chi connectivity index (χ4n) is 1.96. The van der Waals surface area contributed by atoms with Crippen molar-refractivity contribution in [3.05, 3.63) is 28.2 Å². The topological polar surface area (TPSA) is 30.5 Å². The summed E-state index contributed by atoms with van der Waals surface area (Å²) in [5, 5.41) is 3.53. The van der Waals surface area contributed by atoms with E-state index in [1.54, 1.807) is 0 Å². The molecule has 0 unspecified atom stereocenters. The Bertz CT molecular complexity index is 433.